The van der Waals surface area contributed by atoms with Crippen LogP contribution in [0.5, 0.6) is 5.88 Å². The topological polar surface area (TPSA) is 51.2 Å². The first-order valence-electron chi connectivity index (χ1n) is 5.67. The molecular formula is C14H13ClN2O2. The molecule has 98 valence electrons. The summed E-state index contributed by atoms with van der Waals surface area (Å²) >= 11 is 6.00. The highest BCUT2D eigenvalue weighted by Crippen LogP contribution is 2.20. The van der Waals surface area contributed by atoms with Gasteiger partial charge in [0.05, 0.1) is 12.7 Å². The Morgan fingerprint density at radius 1 is 1.32 bits per heavy atom. The van der Waals surface area contributed by atoms with Crippen molar-refractivity contribution in [2.75, 3.05) is 12.4 Å². The Hall–Kier alpha value is -2.07. The van der Waals surface area contributed by atoms with E-state index in [9.17, 15) is 4.79 Å². The fourth-order valence-corrected chi connectivity index (χ4v) is 1.69. The molecule has 0 spiro atoms. The molecule has 1 amide bonds. The summed E-state index contributed by atoms with van der Waals surface area (Å²) in [6.07, 6.45) is 1.46. The van der Waals surface area contributed by atoms with Crippen molar-refractivity contribution in [1.29, 1.82) is 0 Å². The predicted molar refractivity (Wildman–Crippen MR) is 74.9 cm³/mol. The molecule has 19 heavy (non-hydrogen) atoms. The molecule has 0 atom stereocenters. The SMILES string of the molecule is COc1ccc(C(=O)Nc2ccc(C)c(Cl)c2)cn1. The molecule has 0 saturated heterocycles. The standard InChI is InChI=1S/C14H13ClN2O2/c1-9-3-5-11(7-12(9)15)17-14(18)10-4-6-13(19-2)16-8-10/h3-8H,1-2H3,(H,17,18). The third kappa shape index (κ3) is 3.23. The van der Waals surface area contributed by atoms with Gasteiger partial charge >= 0.3 is 0 Å². The van der Waals surface area contributed by atoms with E-state index in [0.29, 0.717) is 22.2 Å². The number of nitrogens with zero attached hydrogens (tertiary/aromatic N) is 1. The molecule has 1 aromatic carbocycles. The second kappa shape index (κ2) is 5.71. The van der Waals surface area contributed by atoms with E-state index in [1.807, 2.05) is 13.0 Å². The molecular weight excluding hydrogens is 264 g/mol. The van der Waals surface area contributed by atoms with Crippen molar-refractivity contribution in [3.8, 4) is 5.88 Å². The molecule has 0 bridgehead atoms. The Morgan fingerprint density at radius 2 is 2.11 bits per heavy atom. The van der Waals surface area contributed by atoms with E-state index in [4.69, 9.17) is 16.3 Å². The third-order valence-corrected chi connectivity index (χ3v) is 3.04. The first kappa shape index (κ1) is 13.4. The van der Waals surface area contributed by atoms with E-state index in [1.165, 1.54) is 13.3 Å². The summed E-state index contributed by atoms with van der Waals surface area (Å²) in [4.78, 5) is 16.0. The largest absolute Gasteiger partial charge is 0.481 e. The molecule has 0 aliphatic rings. The average Bonchev–Trinajstić information content (AvgIpc) is 2.43. The van der Waals surface area contributed by atoms with Crippen LogP contribution in [0.2, 0.25) is 5.02 Å². The maximum Gasteiger partial charge on any atom is 0.257 e. The highest BCUT2D eigenvalue weighted by Gasteiger charge is 2.07. The fraction of sp³-hybridized carbons (Fsp3) is 0.143. The molecule has 2 aromatic rings. The molecule has 0 radical (unpaired) electrons. The lowest BCUT2D eigenvalue weighted by Crippen LogP contribution is -2.12. The van der Waals surface area contributed by atoms with Crippen molar-refractivity contribution in [2.45, 2.75) is 6.92 Å². The quantitative estimate of drug-likeness (QED) is 0.936. The van der Waals surface area contributed by atoms with Crippen LogP contribution in [0.1, 0.15) is 15.9 Å². The third-order valence-electron chi connectivity index (χ3n) is 2.64. The van der Waals surface area contributed by atoms with Gasteiger partial charge in [-0.1, -0.05) is 17.7 Å². The van der Waals surface area contributed by atoms with Gasteiger partial charge in [-0.25, -0.2) is 4.98 Å². The van der Waals surface area contributed by atoms with Crippen molar-refractivity contribution in [2.24, 2.45) is 0 Å². The predicted octanol–water partition coefficient (Wildman–Crippen LogP) is 3.30. The van der Waals surface area contributed by atoms with E-state index >= 15 is 0 Å². The first-order valence-corrected chi connectivity index (χ1v) is 6.05. The summed E-state index contributed by atoms with van der Waals surface area (Å²) in [6.45, 7) is 1.90. The van der Waals surface area contributed by atoms with Crippen LogP contribution in [0.3, 0.4) is 0 Å². The van der Waals surface area contributed by atoms with Crippen LogP contribution in [0.25, 0.3) is 0 Å². The molecule has 1 aromatic heterocycles. The van der Waals surface area contributed by atoms with Crippen molar-refractivity contribution in [1.82, 2.24) is 4.98 Å². The van der Waals surface area contributed by atoms with Gasteiger partial charge in [0.1, 0.15) is 0 Å². The number of carbonyl (C=O) groups excluding carboxylic acids is 1. The van der Waals surface area contributed by atoms with E-state index in [2.05, 4.69) is 10.3 Å². The molecule has 0 aliphatic carbocycles. The van der Waals surface area contributed by atoms with E-state index in [0.717, 1.165) is 5.56 Å². The molecule has 5 heteroatoms. The van der Waals surface area contributed by atoms with Crippen LogP contribution < -0.4 is 10.1 Å². The summed E-state index contributed by atoms with van der Waals surface area (Å²) in [6, 6.07) is 8.65. The van der Waals surface area contributed by atoms with Crippen LogP contribution in [0.15, 0.2) is 36.5 Å². The number of rotatable bonds is 3. The van der Waals surface area contributed by atoms with Crippen molar-refractivity contribution >= 4 is 23.2 Å². The zero-order valence-corrected chi connectivity index (χ0v) is 11.4. The summed E-state index contributed by atoms with van der Waals surface area (Å²) < 4.78 is 4.94. The summed E-state index contributed by atoms with van der Waals surface area (Å²) in [7, 11) is 1.52. The minimum Gasteiger partial charge on any atom is -0.481 e. The Bertz CT molecular complexity index is 597. The number of amides is 1. The van der Waals surface area contributed by atoms with Gasteiger partial charge in [0.25, 0.3) is 5.91 Å². The monoisotopic (exact) mass is 276 g/mol. The number of benzene rings is 1. The summed E-state index contributed by atoms with van der Waals surface area (Å²) in [5.74, 6) is 0.227. The number of aryl methyl sites for hydroxylation is 1. The van der Waals surface area contributed by atoms with Gasteiger partial charge in [0.15, 0.2) is 0 Å². The number of hydrogen-bond acceptors (Lipinski definition) is 3. The van der Waals surface area contributed by atoms with Gasteiger partial charge < -0.3 is 10.1 Å². The minimum atomic E-state index is -0.241. The number of hydrogen-bond donors (Lipinski definition) is 1. The van der Waals surface area contributed by atoms with Gasteiger partial charge in [-0.2, -0.15) is 0 Å². The number of ether oxygens (including phenoxy) is 1. The number of aromatic nitrogens is 1. The van der Waals surface area contributed by atoms with E-state index < -0.39 is 0 Å². The number of methoxy groups -OCH3 is 1. The number of pyridine rings is 1. The van der Waals surface area contributed by atoms with Gasteiger partial charge in [-0.15, -0.1) is 0 Å². The second-order valence-corrected chi connectivity index (χ2v) is 4.41. The maximum absolute atomic E-state index is 12.0. The van der Waals surface area contributed by atoms with Crippen LogP contribution in [0, 0.1) is 6.92 Å². The normalized spacial score (nSPS) is 10.1. The Kier molecular flexibility index (Phi) is 4.02. The fourth-order valence-electron chi connectivity index (χ4n) is 1.51. The number of carbonyl (C=O) groups is 1. The van der Waals surface area contributed by atoms with E-state index in [-0.39, 0.29) is 5.91 Å². The lowest BCUT2D eigenvalue weighted by Gasteiger charge is -2.07. The zero-order chi connectivity index (χ0) is 13.8. The first-order chi connectivity index (χ1) is 9.10. The molecule has 0 aliphatic heterocycles. The van der Waals surface area contributed by atoms with Crippen LogP contribution in [-0.4, -0.2) is 18.0 Å². The molecule has 1 heterocycles. The number of nitrogens with one attached hydrogen (secondary N) is 1. The van der Waals surface area contributed by atoms with Gasteiger partial charge in [0.2, 0.25) is 5.88 Å². The van der Waals surface area contributed by atoms with Crippen molar-refractivity contribution in [3.05, 3.63) is 52.7 Å². The van der Waals surface area contributed by atoms with Gasteiger partial charge in [-0.05, 0) is 30.7 Å². The molecule has 0 saturated carbocycles. The highest BCUT2D eigenvalue weighted by atomic mass is 35.5. The summed E-state index contributed by atoms with van der Waals surface area (Å²) in [5, 5.41) is 3.38. The molecule has 2 rings (SSSR count). The molecule has 0 unspecified atom stereocenters. The minimum absolute atomic E-state index is 0.241. The Morgan fingerprint density at radius 3 is 2.68 bits per heavy atom. The van der Waals surface area contributed by atoms with Gasteiger partial charge in [0, 0.05) is 23.0 Å². The Labute approximate surface area is 116 Å². The van der Waals surface area contributed by atoms with Crippen molar-refractivity contribution < 1.29 is 9.53 Å². The zero-order valence-electron chi connectivity index (χ0n) is 10.6. The number of halogens is 1. The highest BCUT2D eigenvalue weighted by molar-refractivity contribution is 6.31. The van der Waals surface area contributed by atoms with Crippen LogP contribution in [0.4, 0.5) is 5.69 Å². The molecule has 1 N–H and O–H groups in total. The maximum atomic E-state index is 12.0. The lowest BCUT2D eigenvalue weighted by molar-refractivity contribution is 0.102. The van der Waals surface area contributed by atoms with Crippen molar-refractivity contribution in [3.63, 3.8) is 0 Å². The lowest BCUT2D eigenvalue weighted by atomic mass is 10.2. The summed E-state index contributed by atoms with van der Waals surface area (Å²) in [5.41, 5.74) is 2.07. The van der Waals surface area contributed by atoms with E-state index in [1.54, 1.807) is 24.3 Å². The average molecular weight is 277 g/mol. The molecule has 0 fully saturated rings. The molecule has 4 nitrogen and oxygen atoms in total. The van der Waals surface area contributed by atoms with Crippen LogP contribution >= 0.6 is 11.6 Å². The van der Waals surface area contributed by atoms with Crippen LogP contribution in [-0.2, 0) is 0 Å². The Balaban J connectivity index is 2.13. The van der Waals surface area contributed by atoms with Gasteiger partial charge in [-0.3, -0.25) is 4.79 Å². The second-order valence-electron chi connectivity index (χ2n) is 4.01. The smallest absolute Gasteiger partial charge is 0.257 e. The number of anilines is 1.